The quantitative estimate of drug-likeness (QED) is 0.796. The molecule has 0 saturated carbocycles. The second-order valence-corrected chi connectivity index (χ2v) is 4.92. The number of carboxylic acid groups (broad SMARTS) is 1. The van der Waals surface area contributed by atoms with Crippen LogP contribution in [-0.2, 0) is 4.79 Å². The van der Waals surface area contributed by atoms with Crippen LogP contribution in [0.15, 0.2) is 0 Å². The molecule has 2 fully saturated rings. The van der Waals surface area contributed by atoms with Gasteiger partial charge in [-0.05, 0) is 32.1 Å². The highest BCUT2D eigenvalue weighted by Gasteiger charge is 2.33. The lowest BCUT2D eigenvalue weighted by Crippen LogP contribution is -2.47. The molecule has 0 bridgehead atoms. The summed E-state index contributed by atoms with van der Waals surface area (Å²) < 4.78 is 0. The molecule has 5 heteroatoms. The van der Waals surface area contributed by atoms with Crippen LogP contribution in [0.1, 0.15) is 38.5 Å². The van der Waals surface area contributed by atoms with Crippen molar-refractivity contribution in [2.75, 3.05) is 19.6 Å². The predicted molar refractivity (Wildman–Crippen MR) is 62.8 cm³/mol. The topological polar surface area (TPSA) is 60.9 Å². The molecule has 2 aliphatic rings. The number of aliphatic carboxylic acids is 1. The summed E-state index contributed by atoms with van der Waals surface area (Å²) in [4.78, 5) is 26.6. The molecule has 2 heterocycles. The maximum absolute atomic E-state index is 12.3. The molecule has 2 rings (SSSR count). The first-order valence-corrected chi connectivity index (χ1v) is 6.46. The number of carbonyl (C=O) groups is 2. The van der Waals surface area contributed by atoms with Crippen LogP contribution in [0, 0.1) is 0 Å². The largest absolute Gasteiger partial charge is 0.481 e. The second-order valence-electron chi connectivity index (χ2n) is 4.92. The molecular weight excluding hydrogens is 220 g/mol. The molecule has 2 aliphatic heterocycles. The molecular formula is C12H20N2O3. The van der Waals surface area contributed by atoms with Crippen LogP contribution in [0.3, 0.4) is 0 Å². The van der Waals surface area contributed by atoms with Crippen LogP contribution < -0.4 is 0 Å². The Hall–Kier alpha value is -1.26. The van der Waals surface area contributed by atoms with Crippen LogP contribution in [-0.4, -0.2) is 52.6 Å². The summed E-state index contributed by atoms with van der Waals surface area (Å²) in [5, 5.41) is 8.83. The SMILES string of the molecule is O=C(O)CC1CCCN1C(=O)N1CCCCC1. The van der Waals surface area contributed by atoms with Crippen LogP contribution in [0.2, 0.25) is 0 Å². The Kier molecular flexibility index (Phi) is 3.86. The summed E-state index contributed by atoms with van der Waals surface area (Å²) in [7, 11) is 0. The van der Waals surface area contributed by atoms with Gasteiger partial charge in [-0.15, -0.1) is 0 Å². The van der Waals surface area contributed by atoms with Gasteiger partial charge in [0.15, 0.2) is 0 Å². The molecule has 17 heavy (non-hydrogen) atoms. The Balaban J connectivity index is 1.94. The first-order valence-electron chi connectivity index (χ1n) is 6.46. The number of rotatable bonds is 2. The van der Waals surface area contributed by atoms with Crippen LogP contribution >= 0.6 is 0 Å². The summed E-state index contributed by atoms with van der Waals surface area (Å²) in [6.07, 6.45) is 5.18. The normalized spacial score (nSPS) is 25.1. The minimum Gasteiger partial charge on any atom is -0.481 e. The molecule has 0 radical (unpaired) electrons. The summed E-state index contributed by atoms with van der Waals surface area (Å²) in [6.45, 7) is 2.37. The number of likely N-dealkylation sites (tertiary alicyclic amines) is 2. The molecule has 2 amide bonds. The fourth-order valence-corrected chi connectivity index (χ4v) is 2.77. The standard InChI is InChI=1S/C12H20N2O3/c15-11(16)9-10-5-4-8-14(10)12(17)13-6-2-1-3-7-13/h10H,1-9H2,(H,15,16). The summed E-state index contributed by atoms with van der Waals surface area (Å²) in [5.74, 6) is -0.812. The van der Waals surface area contributed by atoms with E-state index in [4.69, 9.17) is 5.11 Å². The first kappa shape index (κ1) is 12.2. The zero-order valence-electron chi connectivity index (χ0n) is 10.1. The van der Waals surface area contributed by atoms with Crippen molar-refractivity contribution >= 4 is 12.0 Å². The lowest BCUT2D eigenvalue weighted by atomic mass is 10.1. The van der Waals surface area contributed by atoms with E-state index in [2.05, 4.69) is 0 Å². The van der Waals surface area contributed by atoms with E-state index < -0.39 is 5.97 Å². The van der Waals surface area contributed by atoms with Gasteiger partial charge in [-0.1, -0.05) is 0 Å². The van der Waals surface area contributed by atoms with Gasteiger partial charge in [-0.2, -0.15) is 0 Å². The molecule has 1 N–H and O–H groups in total. The van der Waals surface area contributed by atoms with Crippen molar-refractivity contribution < 1.29 is 14.7 Å². The molecule has 0 aliphatic carbocycles. The maximum atomic E-state index is 12.3. The van der Waals surface area contributed by atoms with E-state index in [1.807, 2.05) is 4.90 Å². The van der Waals surface area contributed by atoms with E-state index in [0.717, 1.165) is 38.8 Å². The highest BCUT2D eigenvalue weighted by Crippen LogP contribution is 2.23. The van der Waals surface area contributed by atoms with Crippen molar-refractivity contribution in [3.8, 4) is 0 Å². The van der Waals surface area contributed by atoms with Gasteiger partial charge in [-0.3, -0.25) is 4.79 Å². The third-order valence-corrected chi connectivity index (χ3v) is 3.66. The fraction of sp³-hybridized carbons (Fsp3) is 0.833. The molecule has 0 aromatic heterocycles. The monoisotopic (exact) mass is 240 g/mol. The third kappa shape index (κ3) is 2.90. The molecule has 0 spiro atoms. The van der Waals surface area contributed by atoms with Crippen molar-refractivity contribution in [2.24, 2.45) is 0 Å². The van der Waals surface area contributed by atoms with Crippen LogP contribution in [0.25, 0.3) is 0 Å². The zero-order valence-corrected chi connectivity index (χ0v) is 10.1. The van der Waals surface area contributed by atoms with Crippen molar-refractivity contribution in [1.29, 1.82) is 0 Å². The number of amides is 2. The highest BCUT2D eigenvalue weighted by molar-refractivity contribution is 5.76. The van der Waals surface area contributed by atoms with E-state index >= 15 is 0 Å². The highest BCUT2D eigenvalue weighted by atomic mass is 16.4. The van der Waals surface area contributed by atoms with E-state index in [-0.39, 0.29) is 18.5 Å². The minimum absolute atomic E-state index is 0.0495. The molecule has 0 aromatic carbocycles. The van der Waals surface area contributed by atoms with E-state index in [9.17, 15) is 9.59 Å². The number of carboxylic acids is 1. The summed E-state index contributed by atoms with van der Waals surface area (Å²) in [5.41, 5.74) is 0. The van der Waals surface area contributed by atoms with Gasteiger partial charge >= 0.3 is 12.0 Å². The third-order valence-electron chi connectivity index (χ3n) is 3.66. The molecule has 0 aromatic rings. The van der Waals surface area contributed by atoms with Crippen molar-refractivity contribution in [3.63, 3.8) is 0 Å². The Bertz CT molecular complexity index is 300. The van der Waals surface area contributed by atoms with Crippen molar-refractivity contribution in [1.82, 2.24) is 9.80 Å². The van der Waals surface area contributed by atoms with E-state index in [0.29, 0.717) is 6.54 Å². The summed E-state index contributed by atoms with van der Waals surface area (Å²) in [6, 6.07) is -0.0459. The smallest absolute Gasteiger partial charge is 0.320 e. The van der Waals surface area contributed by atoms with Crippen molar-refractivity contribution in [3.05, 3.63) is 0 Å². The van der Waals surface area contributed by atoms with Gasteiger partial charge in [-0.25, -0.2) is 4.79 Å². The van der Waals surface area contributed by atoms with Gasteiger partial charge < -0.3 is 14.9 Å². The number of hydrogen-bond acceptors (Lipinski definition) is 2. The van der Waals surface area contributed by atoms with E-state index in [1.54, 1.807) is 4.90 Å². The van der Waals surface area contributed by atoms with Crippen molar-refractivity contribution in [2.45, 2.75) is 44.6 Å². The number of carbonyl (C=O) groups excluding carboxylic acids is 1. The van der Waals surface area contributed by atoms with Gasteiger partial charge in [0, 0.05) is 25.7 Å². The average Bonchev–Trinajstić information content (AvgIpc) is 2.76. The Labute approximate surface area is 101 Å². The average molecular weight is 240 g/mol. The van der Waals surface area contributed by atoms with Crippen LogP contribution in [0.5, 0.6) is 0 Å². The van der Waals surface area contributed by atoms with Crippen LogP contribution in [0.4, 0.5) is 4.79 Å². The molecule has 1 unspecified atom stereocenters. The van der Waals surface area contributed by atoms with Gasteiger partial charge in [0.1, 0.15) is 0 Å². The lowest BCUT2D eigenvalue weighted by Gasteiger charge is -2.33. The second kappa shape index (κ2) is 5.38. The molecule has 2 saturated heterocycles. The Morgan fingerprint density at radius 3 is 2.41 bits per heavy atom. The van der Waals surface area contributed by atoms with Gasteiger partial charge in [0.2, 0.25) is 0 Å². The first-order chi connectivity index (χ1) is 8.18. The Morgan fingerprint density at radius 2 is 1.76 bits per heavy atom. The summed E-state index contributed by atoms with van der Waals surface area (Å²) >= 11 is 0. The van der Waals surface area contributed by atoms with E-state index in [1.165, 1.54) is 6.42 Å². The molecule has 96 valence electrons. The number of urea groups is 1. The van der Waals surface area contributed by atoms with Gasteiger partial charge in [0.25, 0.3) is 0 Å². The number of piperidine rings is 1. The van der Waals surface area contributed by atoms with Gasteiger partial charge in [0.05, 0.1) is 6.42 Å². The number of nitrogens with zero attached hydrogens (tertiary/aromatic N) is 2. The fourth-order valence-electron chi connectivity index (χ4n) is 2.77. The molecule has 1 atom stereocenters. The zero-order chi connectivity index (χ0) is 12.3. The number of hydrogen-bond donors (Lipinski definition) is 1. The minimum atomic E-state index is -0.812. The molecule has 5 nitrogen and oxygen atoms in total. The lowest BCUT2D eigenvalue weighted by molar-refractivity contribution is -0.138. The maximum Gasteiger partial charge on any atom is 0.320 e. The Morgan fingerprint density at radius 1 is 1.06 bits per heavy atom. The predicted octanol–water partition coefficient (Wildman–Crippen LogP) is 1.53.